The lowest BCUT2D eigenvalue weighted by Gasteiger charge is -2.37. The Balaban J connectivity index is 1.92. The molecule has 2 aliphatic carbocycles. The summed E-state index contributed by atoms with van der Waals surface area (Å²) in [7, 11) is 0. The van der Waals surface area contributed by atoms with Gasteiger partial charge in [-0.1, -0.05) is 58.8 Å². The maximum Gasteiger partial charge on any atom is 0.00698 e. The molecule has 0 amide bonds. The highest BCUT2D eigenvalue weighted by Gasteiger charge is 2.32. The molecule has 112 valence electrons. The topological polar surface area (TPSA) is 12.0 Å². The number of rotatable bonds is 5. The van der Waals surface area contributed by atoms with Gasteiger partial charge in [0.1, 0.15) is 0 Å². The van der Waals surface area contributed by atoms with Crippen molar-refractivity contribution in [3.8, 4) is 0 Å². The van der Waals surface area contributed by atoms with Gasteiger partial charge in [0, 0.05) is 6.04 Å². The van der Waals surface area contributed by atoms with Crippen molar-refractivity contribution in [1.29, 1.82) is 0 Å². The molecule has 1 N–H and O–H groups in total. The van der Waals surface area contributed by atoms with E-state index in [4.69, 9.17) is 0 Å². The van der Waals surface area contributed by atoms with E-state index in [9.17, 15) is 0 Å². The summed E-state index contributed by atoms with van der Waals surface area (Å²) in [5.41, 5.74) is 0. The van der Waals surface area contributed by atoms with Crippen LogP contribution in [0.1, 0.15) is 84.5 Å². The lowest BCUT2D eigenvalue weighted by molar-refractivity contribution is 0.137. The summed E-state index contributed by atoms with van der Waals surface area (Å²) in [6.07, 6.45) is 16.1. The van der Waals surface area contributed by atoms with Gasteiger partial charge in [-0.15, -0.1) is 0 Å². The van der Waals surface area contributed by atoms with Crippen molar-refractivity contribution in [2.24, 2.45) is 17.8 Å². The third kappa shape index (κ3) is 4.48. The molecule has 0 saturated heterocycles. The summed E-state index contributed by atoms with van der Waals surface area (Å²) in [4.78, 5) is 0. The van der Waals surface area contributed by atoms with Crippen LogP contribution in [0.15, 0.2) is 0 Å². The van der Waals surface area contributed by atoms with Crippen LogP contribution >= 0.6 is 0 Å². The molecule has 0 aromatic heterocycles. The van der Waals surface area contributed by atoms with Crippen LogP contribution in [-0.2, 0) is 0 Å². The minimum atomic E-state index is 0.826. The Bertz CT molecular complexity index is 238. The van der Waals surface area contributed by atoms with Crippen molar-refractivity contribution >= 4 is 0 Å². The number of nitrogens with one attached hydrogen (secondary N) is 1. The summed E-state index contributed by atoms with van der Waals surface area (Å²) in [6, 6.07) is 0.826. The van der Waals surface area contributed by atoms with E-state index in [1.54, 1.807) is 0 Å². The van der Waals surface area contributed by atoms with Gasteiger partial charge in [0.2, 0.25) is 0 Å². The van der Waals surface area contributed by atoms with Crippen LogP contribution in [0.2, 0.25) is 0 Å². The van der Waals surface area contributed by atoms with Crippen molar-refractivity contribution in [2.45, 2.75) is 90.5 Å². The van der Waals surface area contributed by atoms with E-state index < -0.39 is 0 Å². The predicted octanol–water partition coefficient (Wildman–Crippen LogP) is 5.15. The third-order valence-electron chi connectivity index (χ3n) is 5.75. The zero-order valence-electron chi connectivity index (χ0n) is 13.3. The first-order valence-corrected chi connectivity index (χ1v) is 9.08. The van der Waals surface area contributed by atoms with Gasteiger partial charge in [0.05, 0.1) is 0 Å². The summed E-state index contributed by atoms with van der Waals surface area (Å²) in [5.74, 6) is 3.13. The van der Waals surface area contributed by atoms with Crippen LogP contribution in [0.5, 0.6) is 0 Å². The second kappa shape index (κ2) is 8.29. The predicted molar refractivity (Wildman–Crippen MR) is 84.4 cm³/mol. The Hall–Kier alpha value is -0.0400. The maximum absolute atomic E-state index is 3.81. The molecule has 4 unspecified atom stereocenters. The van der Waals surface area contributed by atoms with Gasteiger partial charge < -0.3 is 5.32 Å². The molecule has 4 atom stereocenters. The molecule has 2 aliphatic rings. The molecule has 0 spiro atoms. The monoisotopic (exact) mass is 265 g/mol. The van der Waals surface area contributed by atoms with Crippen molar-refractivity contribution in [3.05, 3.63) is 0 Å². The SMILES string of the molecule is CCCNC1CCCCC(C2CCCCC2CC)C1. The molecule has 0 aromatic carbocycles. The second-order valence-electron chi connectivity index (χ2n) is 7.05. The van der Waals surface area contributed by atoms with Crippen LogP contribution < -0.4 is 5.32 Å². The first-order chi connectivity index (χ1) is 9.35. The lowest BCUT2D eigenvalue weighted by atomic mass is 9.69. The van der Waals surface area contributed by atoms with Gasteiger partial charge in [-0.2, -0.15) is 0 Å². The van der Waals surface area contributed by atoms with Gasteiger partial charge in [-0.05, 0) is 50.0 Å². The Morgan fingerprint density at radius 1 is 0.895 bits per heavy atom. The molecule has 0 radical (unpaired) electrons. The zero-order chi connectivity index (χ0) is 13.5. The molecule has 0 heterocycles. The first-order valence-electron chi connectivity index (χ1n) is 9.08. The van der Waals surface area contributed by atoms with Crippen molar-refractivity contribution in [3.63, 3.8) is 0 Å². The summed E-state index contributed by atoms with van der Waals surface area (Å²) in [6.45, 7) is 5.93. The lowest BCUT2D eigenvalue weighted by Crippen LogP contribution is -2.34. The maximum atomic E-state index is 3.81. The zero-order valence-corrected chi connectivity index (χ0v) is 13.3. The molecular weight excluding hydrogens is 230 g/mol. The molecule has 19 heavy (non-hydrogen) atoms. The van der Waals surface area contributed by atoms with E-state index in [1.165, 1.54) is 77.2 Å². The molecular formula is C18H35N. The van der Waals surface area contributed by atoms with Crippen LogP contribution in [0.25, 0.3) is 0 Å². The fraction of sp³-hybridized carbons (Fsp3) is 1.00. The highest BCUT2D eigenvalue weighted by atomic mass is 14.9. The van der Waals surface area contributed by atoms with Gasteiger partial charge in [-0.3, -0.25) is 0 Å². The molecule has 2 fully saturated rings. The molecule has 2 saturated carbocycles. The van der Waals surface area contributed by atoms with Gasteiger partial charge in [0.25, 0.3) is 0 Å². The second-order valence-corrected chi connectivity index (χ2v) is 7.05. The number of hydrogen-bond donors (Lipinski definition) is 1. The molecule has 1 heteroatoms. The normalized spacial score (nSPS) is 36.9. The Labute approximate surface area is 120 Å². The van der Waals surface area contributed by atoms with E-state index in [0.29, 0.717) is 0 Å². The van der Waals surface area contributed by atoms with Gasteiger partial charge >= 0.3 is 0 Å². The summed E-state index contributed by atoms with van der Waals surface area (Å²) >= 11 is 0. The molecule has 0 bridgehead atoms. The van der Waals surface area contributed by atoms with Crippen LogP contribution in [0.3, 0.4) is 0 Å². The fourth-order valence-corrected chi connectivity index (χ4v) is 4.68. The molecule has 2 rings (SSSR count). The standard InChI is InChI=1S/C18H35N/c1-3-13-19-17-11-7-5-10-16(14-17)18-12-8-6-9-15(18)4-2/h15-19H,3-14H2,1-2H3. The van der Waals surface area contributed by atoms with E-state index in [-0.39, 0.29) is 0 Å². The third-order valence-corrected chi connectivity index (χ3v) is 5.75. The average molecular weight is 265 g/mol. The first kappa shape index (κ1) is 15.4. The highest BCUT2D eigenvalue weighted by Crippen LogP contribution is 2.42. The summed E-state index contributed by atoms with van der Waals surface area (Å²) in [5, 5.41) is 3.81. The van der Waals surface area contributed by atoms with Gasteiger partial charge in [0.15, 0.2) is 0 Å². The Morgan fingerprint density at radius 2 is 1.63 bits per heavy atom. The van der Waals surface area contributed by atoms with Crippen molar-refractivity contribution < 1.29 is 0 Å². The Kier molecular flexibility index (Phi) is 6.70. The molecule has 1 nitrogen and oxygen atoms in total. The van der Waals surface area contributed by atoms with E-state index in [0.717, 1.165) is 23.8 Å². The minimum Gasteiger partial charge on any atom is -0.314 e. The quantitative estimate of drug-likeness (QED) is 0.678. The Morgan fingerprint density at radius 3 is 2.42 bits per heavy atom. The van der Waals surface area contributed by atoms with Crippen molar-refractivity contribution in [2.75, 3.05) is 6.54 Å². The van der Waals surface area contributed by atoms with Gasteiger partial charge in [-0.25, -0.2) is 0 Å². The van der Waals surface area contributed by atoms with E-state index >= 15 is 0 Å². The van der Waals surface area contributed by atoms with Crippen LogP contribution in [0, 0.1) is 17.8 Å². The average Bonchev–Trinajstić information content (AvgIpc) is 2.70. The minimum absolute atomic E-state index is 0.826. The smallest absolute Gasteiger partial charge is 0.00698 e. The highest BCUT2D eigenvalue weighted by molar-refractivity contribution is 4.85. The molecule has 0 aromatic rings. The van der Waals surface area contributed by atoms with Crippen LogP contribution in [-0.4, -0.2) is 12.6 Å². The largest absolute Gasteiger partial charge is 0.314 e. The van der Waals surface area contributed by atoms with Crippen molar-refractivity contribution in [1.82, 2.24) is 5.32 Å². The summed E-state index contributed by atoms with van der Waals surface area (Å²) < 4.78 is 0. The van der Waals surface area contributed by atoms with E-state index in [2.05, 4.69) is 19.2 Å². The van der Waals surface area contributed by atoms with E-state index in [1.807, 2.05) is 0 Å². The van der Waals surface area contributed by atoms with Crippen LogP contribution in [0.4, 0.5) is 0 Å². The number of hydrogen-bond acceptors (Lipinski definition) is 1. The fourth-order valence-electron chi connectivity index (χ4n) is 4.68. The molecule has 0 aliphatic heterocycles.